The quantitative estimate of drug-likeness (QED) is 0.859. The van der Waals surface area contributed by atoms with Crippen LogP contribution in [0.3, 0.4) is 0 Å². The number of carboxylic acids is 1. The van der Waals surface area contributed by atoms with Gasteiger partial charge in [-0.2, -0.15) is 0 Å². The standard InChI is InChI=1S/C17H22N2O2/c1-18-9-14-11-19(8-13-5-3-2-4-6-13)12-15(10-18)16(14)7-17(20)21/h2-7,14-15H,8-12H2,1H3,(H,20,21). The van der Waals surface area contributed by atoms with Crippen LogP contribution in [-0.2, 0) is 11.3 Å². The highest BCUT2D eigenvalue weighted by molar-refractivity contribution is 5.81. The molecular weight excluding hydrogens is 264 g/mol. The lowest BCUT2D eigenvalue weighted by Gasteiger charge is -2.46. The summed E-state index contributed by atoms with van der Waals surface area (Å²) >= 11 is 0. The van der Waals surface area contributed by atoms with Crippen LogP contribution in [0.15, 0.2) is 42.0 Å². The number of benzene rings is 1. The fourth-order valence-corrected chi connectivity index (χ4v) is 3.74. The minimum Gasteiger partial charge on any atom is -0.478 e. The van der Waals surface area contributed by atoms with E-state index in [1.165, 1.54) is 11.6 Å². The third-order valence-electron chi connectivity index (χ3n) is 4.50. The first kappa shape index (κ1) is 14.3. The third kappa shape index (κ3) is 3.34. The molecule has 2 aliphatic rings. The molecule has 0 spiro atoms. The summed E-state index contributed by atoms with van der Waals surface area (Å²) in [6.07, 6.45) is 1.46. The zero-order valence-corrected chi connectivity index (χ0v) is 12.4. The molecule has 4 heteroatoms. The molecular formula is C17H22N2O2. The largest absolute Gasteiger partial charge is 0.478 e. The van der Waals surface area contributed by atoms with Gasteiger partial charge in [-0.1, -0.05) is 35.9 Å². The molecule has 0 aliphatic carbocycles. The van der Waals surface area contributed by atoms with E-state index in [0.717, 1.165) is 38.3 Å². The summed E-state index contributed by atoms with van der Waals surface area (Å²) in [6.45, 7) is 4.78. The highest BCUT2D eigenvalue weighted by atomic mass is 16.4. The summed E-state index contributed by atoms with van der Waals surface area (Å²) in [7, 11) is 2.13. The van der Waals surface area contributed by atoms with Gasteiger partial charge in [-0.15, -0.1) is 0 Å². The minimum absolute atomic E-state index is 0.349. The number of rotatable bonds is 3. The first-order valence-electron chi connectivity index (χ1n) is 7.51. The van der Waals surface area contributed by atoms with E-state index in [4.69, 9.17) is 5.11 Å². The van der Waals surface area contributed by atoms with Gasteiger partial charge in [0.25, 0.3) is 0 Å². The second kappa shape index (κ2) is 6.00. The molecule has 1 aromatic rings. The van der Waals surface area contributed by atoms with Gasteiger partial charge >= 0.3 is 5.97 Å². The Morgan fingerprint density at radius 1 is 1.19 bits per heavy atom. The van der Waals surface area contributed by atoms with Gasteiger partial charge in [-0.3, -0.25) is 4.90 Å². The number of hydrogen-bond donors (Lipinski definition) is 1. The van der Waals surface area contributed by atoms with Gasteiger partial charge in [0.1, 0.15) is 0 Å². The van der Waals surface area contributed by atoms with E-state index < -0.39 is 5.97 Å². The number of aliphatic carboxylic acids is 1. The molecule has 2 bridgehead atoms. The molecule has 2 unspecified atom stereocenters. The van der Waals surface area contributed by atoms with Crippen molar-refractivity contribution in [3.63, 3.8) is 0 Å². The molecule has 2 aliphatic heterocycles. The van der Waals surface area contributed by atoms with Crippen LogP contribution < -0.4 is 0 Å². The number of carboxylic acid groups (broad SMARTS) is 1. The predicted molar refractivity (Wildman–Crippen MR) is 81.9 cm³/mol. The fourth-order valence-electron chi connectivity index (χ4n) is 3.74. The van der Waals surface area contributed by atoms with E-state index >= 15 is 0 Å². The summed E-state index contributed by atoms with van der Waals surface area (Å²) in [5.74, 6) is -0.106. The Kier molecular flexibility index (Phi) is 4.08. The van der Waals surface area contributed by atoms with E-state index in [1.54, 1.807) is 0 Å². The number of fused-ring (bicyclic) bond motifs is 2. The lowest BCUT2D eigenvalue weighted by atomic mass is 9.79. The maximum atomic E-state index is 11.0. The molecule has 3 rings (SSSR count). The Balaban J connectivity index is 1.75. The molecule has 2 heterocycles. The van der Waals surface area contributed by atoms with E-state index in [2.05, 4.69) is 41.1 Å². The average molecular weight is 286 g/mol. The lowest BCUT2D eigenvalue weighted by Crippen LogP contribution is -2.52. The van der Waals surface area contributed by atoms with Crippen molar-refractivity contribution in [3.8, 4) is 0 Å². The Labute approximate surface area is 125 Å². The van der Waals surface area contributed by atoms with E-state index in [0.29, 0.717) is 11.8 Å². The van der Waals surface area contributed by atoms with Gasteiger partial charge in [0.15, 0.2) is 0 Å². The molecule has 2 saturated heterocycles. The van der Waals surface area contributed by atoms with Crippen LogP contribution in [0.4, 0.5) is 0 Å². The minimum atomic E-state index is -0.805. The van der Waals surface area contributed by atoms with Gasteiger partial charge < -0.3 is 10.0 Å². The normalized spacial score (nSPS) is 26.6. The number of carbonyl (C=O) groups is 1. The van der Waals surface area contributed by atoms with Gasteiger partial charge in [0.05, 0.1) is 0 Å². The second-order valence-corrected chi connectivity index (χ2v) is 6.28. The van der Waals surface area contributed by atoms with Crippen LogP contribution in [0, 0.1) is 11.8 Å². The first-order valence-corrected chi connectivity index (χ1v) is 7.51. The van der Waals surface area contributed by atoms with Crippen LogP contribution >= 0.6 is 0 Å². The molecule has 0 saturated carbocycles. The van der Waals surface area contributed by atoms with Crippen molar-refractivity contribution >= 4 is 5.97 Å². The Bertz CT molecular complexity index is 523. The Hall–Kier alpha value is -1.65. The topological polar surface area (TPSA) is 43.8 Å². The molecule has 0 aromatic heterocycles. The summed E-state index contributed by atoms with van der Waals surface area (Å²) in [6, 6.07) is 10.5. The summed E-state index contributed by atoms with van der Waals surface area (Å²) in [5.41, 5.74) is 2.47. The SMILES string of the molecule is CN1CC2CN(Cc3ccccc3)CC(C1)C2=CC(=O)O. The fraction of sp³-hybridized carbons (Fsp3) is 0.471. The van der Waals surface area contributed by atoms with Crippen molar-refractivity contribution in [2.75, 3.05) is 33.2 Å². The highest BCUT2D eigenvalue weighted by Crippen LogP contribution is 2.33. The van der Waals surface area contributed by atoms with E-state index in [1.807, 2.05) is 6.07 Å². The molecule has 1 N–H and O–H groups in total. The first-order chi connectivity index (χ1) is 10.1. The number of hydrogen-bond acceptors (Lipinski definition) is 3. The number of piperidine rings is 2. The second-order valence-electron chi connectivity index (χ2n) is 6.28. The summed E-state index contributed by atoms with van der Waals surface area (Å²) < 4.78 is 0. The van der Waals surface area contributed by atoms with Crippen LogP contribution in [0.5, 0.6) is 0 Å². The van der Waals surface area contributed by atoms with Crippen LogP contribution in [-0.4, -0.2) is 54.1 Å². The smallest absolute Gasteiger partial charge is 0.328 e. The molecule has 4 nitrogen and oxygen atoms in total. The van der Waals surface area contributed by atoms with Crippen LogP contribution in [0.1, 0.15) is 5.56 Å². The Morgan fingerprint density at radius 3 is 2.38 bits per heavy atom. The molecule has 2 fully saturated rings. The van der Waals surface area contributed by atoms with E-state index in [-0.39, 0.29) is 0 Å². The zero-order chi connectivity index (χ0) is 14.8. The maximum Gasteiger partial charge on any atom is 0.328 e. The number of likely N-dealkylation sites (tertiary alicyclic amines) is 2. The predicted octanol–water partition coefficient (Wildman–Crippen LogP) is 1.69. The van der Waals surface area contributed by atoms with Gasteiger partial charge in [-0.05, 0) is 12.6 Å². The zero-order valence-electron chi connectivity index (χ0n) is 12.4. The third-order valence-corrected chi connectivity index (χ3v) is 4.50. The van der Waals surface area contributed by atoms with E-state index in [9.17, 15) is 4.79 Å². The van der Waals surface area contributed by atoms with Crippen molar-refractivity contribution in [3.05, 3.63) is 47.5 Å². The van der Waals surface area contributed by atoms with Crippen molar-refractivity contribution < 1.29 is 9.90 Å². The van der Waals surface area contributed by atoms with Crippen LogP contribution in [0.2, 0.25) is 0 Å². The lowest BCUT2D eigenvalue weighted by molar-refractivity contribution is -0.131. The Morgan fingerprint density at radius 2 is 1.81 bits per heavy atom. The molecule has 0 radical (unpaired) electrons. The molecule has 112 valence electrons. The van der Waals surface area contributed by atoms with Gasteiger partial charge in [0, 0.05) is 50.6 Å². The van der Waals surface area contributed by atoms with Gasteiger partial charge in [-0.25, -0.2) is 4.79 Å². The van der Waals surface area contributed by atoms with Crippen molar-refractivity contribution in [2.24, 2.45) is 11.8 Å². The summed E-state index contributed by atoms with van der Waals surface area (Å²) in [4.78, 5) is 15.8. The molecule has 21 heavy (non-hydrogen) atoms. The molecule has 0 amide bonds. The van der Waals surface area contributed by atoms with Crippen LogP contribution in [0.25, 0.3) is 0 Å². The molecule has 1 aromatic carbocycles. The van der Waals surface area contributed by atoms with Gasteiger partial charge in [0.2, 0.25) is 0 Å². The van der Waals surface area contributed by atoms with Crippen molar-refractivity contribution in [1.82, 2.24) is 9.80 Å². The molecule has 2 atom stereocenters. The van der Waals surface area contributed by atoms with Crippen molar-refractivity contribution in [2.45, 2.75) is 6.54 Å². The highest BCUT2D eigenvalue weighted by Gasteiger charge is 2.37. The van der Waals surface area contributed by atoms with Crippen molar-refractivity contribution in [1.29, 1.82) is 0 Å². The summed E-state index contributed by atoms with van der Waals surface area (Å²) in [5, 5.41) is 9.08. The number of nitrogens with zero attached hydrogens (tertiary/aromatic N) is 2. The maximum absolute atomic E-state index is 11.0. The average Bonchev–Trinajstić information content (AvgIpc) is 2.41. The monoisotopic (exact) mass is 286 g/mol.